The Hall–Kier alpha value is -2.83. The van der Waals surface area contributed by atoms with Crippen molar-refractivity contribution in [3.8, 4) is 0 Å². The number of imidazole rings is 1. The highest BCUT2D eigenvalue weighted by Crippen LogP contribution is 2.21. The van der Waals surface area contributed by atoms with E-state index in [9.17, 15) is 9.59 Å². The van der Waals surface area contributed by atoms with E-state index in [1.165, 1.54) is 0 Å². The molecule has 7 heteroatoms. The Morgan fingerprint density at radius 2 is 2.13 bits per heavy atom. The van der Waals surface area contributed by atoms with E-state index in [-0.39, 0.29) is 11.9 Å². The fraction of sp³-hybridized carbons (Fsp3) is 0.312. The molecule has 118 valence electrons. The Morgan fingerprint density at radius 3 is 2.96 bits per heavy atom. The topological polar surface area (TPSA) is 70.5 Å². The van der Waals surface area contributed by atoms with Crippen LogP contribution in [0.1, 0.15) is 16.1 Å². The lowest BCUT2D eigenvalue weighted by molar-refractivity contribution is 0.0711. The number of hydrogen-bond acceptors (Lipinski definition) is 3. The molecule has 7 nitrogen and oxygen atoms in total. The van der Waals surface area contributed by atoms with E-state index in [1.54, 1.807) is 29.6 Å². The van der Waals surface area contributed by atoms with E-state index in [0.29, 0.717) is 31.7 Å². The molecule has 0 unspecified atom stereocenters. The number of fused-ring (bicyclic) bond motifs is 1. The minimum Gasteiger partial charge on any atom is -0.336 e. The Labute approximate surface area is 133 Å². The first-order valence-corrected chi connectivity index (χ1v) is 7.66. The van der Waals surface area contributed by atoms with E-state index in [1.807, 2.05) is 17.0 Å². The minimum absolute atomic E-state index is 0.0149. The third-order valence-corrected chi connectivity index (χ3v) is 4.31. The Balaban J connectivity index is 1.56. The normalized spacial score (nSPS) is 17.1. The summed E-state index contributed by atoms with van der Waals surface area (Å²) in [5.74, 6) is -0.0149. The second-order valence-electron chi connectivity index (χ2n) is 5.74. The van der Waals surface area contributed by atoms with Gasteiger partial charge in [-0.1, -0.05) is 6.07 Å². The minimum atomic E-state index is -0.114. The number of nitrogens with one attached hydrogen (secondary N) is 1. The summed E-state index contributed by atoms with van der Waals surface area (Å²) in [4.78, 5) is 32.1. The number of hydrogen-bond donors (Lipinski definition) is 1. The van der Waals surface area contributed by atoms with E-state index in [2.05, 4.69) is 14.9 Å². The molecular weight excluding hydrogens is 294 g/mol. The van der Waals surface area contributed by atoms with Gasteiger partial charge < -0.3 is 14.8 Å². The first-order valence-electron chi connectivity index (χ1n) is 7.66. The van der Waals surface area contributed by atoms with Crippen LogP contribution in [0.2, 0.25) is 0 Å². The maximum absolute atomic E-state index is 12.8. The number of aromatic nitrogens is 2. The number of nitrogens with zero attached hydrogens (tertiary/aromatic N) is 4. The quantitative estimate of drug-likeness (QED) is 0.902. The first-order chi connectivity index (χ1) is 11.2. The molecule has 2 aliphatic rings. The van der Waals surface area contributed by atoms with Crippen LogP contribution in [0.4, 0.5) is 10.5 Å². The molecule has 1 aromatic carbocycles. The molecule has 1 saturated heterocycles. The van der Waals surface area contributed by atoms with Crippen molar-refractivity contribution in [3.05, 3.63) is 48.0 Å². The van der Waals surface area contributed by atoms with E-state index in [0.717, 1.165) is 17.9 Å². The fourth-order valence-electron chi connectivity index (χ4n) is 3.06. The molecular formula is C16H17N5O2. The van der Waals surface area contributed by atoms with Gasteiger partial charge in [0.1, 0.15) is 0 Å². The molecule has 2 aromatic rings. The van der Waals surface area contributed by atoms with Crippen LogP contribution in [0, 0.1) is 0 Å². The van der Waals surface area contributed by atoms with Gasteiger partial charge in [-0.05, 0) is 18.2 Å². The molecule has 0 aliphatic carbocycles. The molecule has 1 N–H and O–H groups in total. The van der Waals surface area contributed by atoms with Gasteiger partial charge in [-0.25, -0.2) is 9.78 Å². The van der Waals surface area contributed by atoms with Crippen molar-refractivity contribution in [2.75, 3.05) is 24.5 Å². The zero-order valence-corrected chi connectivity index (χ0v) is 12.6. The molecule has 2 aliphatic heterocycles. The Morgan fingerprint density at radius 1 is 1.22 bits per heavy atom. The Bertz CT molecular complexity index is 769. The predicted octanol–water partition coefficient (Wildman–Crippen LogP) is 1.07. The second kappa shape index (κ2) is 5.42. The molecule has 0 bridgehead atoms. The van der Waals surface area contributed by atoms with Crippen LogP contribution < -0.4 is 10.2 Å². The SMILES string of the molecule is O=C(c1cccc(N2CCNC2=O)c1)N1CCn2cncc2C1. The second-order valence-corrected chi connectivity index (χ2v) is 5.74. The van der Waals surface area contributed by atoms with Crippen LogP contribution in [0.25, 0.3) is 0 Å². The van der Waals surface area contributed by atoms with Gasteiger partial charge in [-0.2, -0.15) is 0 Å². The molecule has 0 saturated carbocycles. The maximum Gasteiger partial charge on any atom is 0.321 e. The van der Waals surface area contributed by atoms with Crippen LogP contribution in [0.15, 0.2) is 36.8 Å². The summed E-state index contributed by atoms with van der Waals surface area (Å²) in [5, 5.41) is 2.77. The number of anilines is 1. The van der Waals surface area contributed by atoms with Crippen LogP contribution in [-0.2, 0) is 13.1 Å². The number of carbonyl (C=O) groups excluding carboxylic acids is 2. The fourth-order valence-corrected chi connectivity index (χ4v) is 3.06. The lowest BCUT2D eigenvalue weighted by Crippen LogP contribution is -2.38. The van der Waals surface area contributed by atoms with Crippen LogP contribution in [0.3, 0.4) is 0 Å². The van der Waals surface area contributed by atoms with Gasteiger partial charge in [0.05, 0.1) is 18.6 Å². The third-order valence-electron chi connectivity index (χ3n) is 4.31. The molecule has 1 fully saturated rings. The number of rotatable bonds is 2. The van der Waals surface area contributed by atoms with Crippen LogP contribution >= 0.6 is 0 Å². The summed E-state index contributed by atoms with van der Waals surface area (Å²) >= 11 is 0. The van der Waals surface area contributed by atoms with Crippen LogP contribution in [-0.4, -0.2) is 46.0 Å². The van der Waals surface area contributed by atoms with Gasteiger partial charge in [0, 0.05) is 43.6 Å². The standard InChI is InChI=1S/C16H17N5O2/c22-15(19-6-7-20-11-17-9-14(20)10-19)12-2-1-3-13(8-12)21-5-4-18-16(21)23/h1-3,8-9,11H,4-7,10H2,(H,18,23). The van der Waals surface area contributed by atoms with Crippen molar-refractivity contribution >= 4 is 17.6 Å². The van der Waals surface area contributed by atoms with Crippen LogP contribution in [0.5, 0.6) is 0 Å². The number of amides is 3. The number of benzene rings is 1. The Kier molecular flexibility index (Phi) is 3.25. The average molecular weight is 311 g/mol. The lowest BCUT2D eigenvalue weighted by atomic mass is 10.1. The molecule has 1 aromatic heterocycles. The third kappa shape index (κ3) is 2.44. The van der Waals surface area contributed by atoms with Crippen molar-refractivity contribution in [3.63, 3.8) is 0 Å². The molecule has 4 rings (SSSR count). The number of carbonyl (C=O) groups is 2. The van der Waals surface area contributed by atoms with E-state index >= 15 is 0 Å². The molecule has 3 heterocycles. The van der Waals surface area contributed by atoms with Gasteiger partial charge in [-0.3, -0.25) is 9.69 Å². The summed E-state index contributed by atoms with van der Waals surface area (Å²) < 4.78 is 2.06. The molecule has 23 heavy (non-hydrogen) atoms. The van der Waals surface area contributed by atoms with E-state index in [4.69, 9.17) is 0 Å². The molecule has 3 amide bonds. The molecule has 0 spiro atoms. The summed E-state index contributed by atoms with van der Waals surface area (Å²) in [5.41, 5.74) is 2.41. The van der Waals surface area contributed by atoms with Gasteiger partial charge in [0.2, 0.25) is 0 Å². The highest BCUT2D eigenvalue weighted by Gasteiger charge is 2.24. The van der Waals surface area contributed by atoms with Crippen molar-refractivity contribution < 1.29 is 9.59 Å². The van der Waals surface area contributed by atoms with Crippen molar-refractivity contribution in [1.29, 1.82) is 0 Å². The maximum atomic E-state index is 12.8. The monoisotopic (exact) mass is 311 g/mol. The molecule has 0 radical (unpaired) electrons. The van der Waals surface area contributed by atoms with Crippen molar-refractivity contribution in [1.82, 2.24) is 19.8 Å². The highest BCUT2D eigenvalue weighted by atomic mass is 16.2. The van der Waals surface area contributed by atoms with Gasteiger partial charge >= 0.3 is 6.03 Å². The van der Waals surface area contributed by atoms with Gasteiger partial charge in [0.15, 0.2) is 0 Å². The largest absolute Gasteiger partial charge is 0.336 e. The highest BCUT2D eigenvalue weighted by molar-refractivity contribution is 5.98. The average Bonchev–Trinajstić information content (AvgIpc) is 3.22. The summed E-state index contributed by atoms with van der Waals surface area (Å²) in [6.07, 6.45) is 3.59. The smallest absolute Gasteiger partial charge is 0.321 e. The van der Waals surface area contributed by atoms with E-state index < -0.39 is 0 Å². The summed E-state index contributed by atoms with van der Waals surface area (Å²) in [6.45, 7) is 3.24. The lowest BCUT2D eigenvalue weighted by Gasteiger charge is -2.28. The van der Waals surface area contributed by atoms with Gasteiger partial charge in [0.25, 0.3) is 5.91 Å². The zero-order chi connectivity index (χ0) is 15.8. The first kappa shape index (κ1) is 13.8. The predicted molar refractivity (Wildman–Crippen MR) is 84.2 cm³/mol. The summed E-state index contributed by atoms with van der Waals surface area (Å²) in [6, 6.07) is 7.15. The number of urea groups is 1. The molecule has 0 atom stereocenters. The van der Waals surface area contributed by atoms with Gasteiger partial charge in [-0.15, -0.1) is 0 Å². The van der Waals surface area contributed by atoms with Crippen molar-refractivity contribution in [2.24, 2.45) is 0 Å². The summed E-state index contributed by atoms with van der Waals surface area (Å²) in [7, 11) is 0. The zero-order valence-electron chi connectivity index (χ0n) is 12.6. The van der Waals surface area contributed by atoms with Crippen molar-refractivity contribution in [2.45, 2.75) is 13.1 Å².